The average molecular weight is 614 g/mol. The lowest BCUT2D eigenvalue weighted by Crippen LogP contribution is -2.26. The van der Waals surface area contributed by atoms with Crippen LogP contribution in [0.15, 0.2) is 97.1 Å². The molecule has 0 saturated heterocycles. The van der Waals surface area contributed by atoms with Crippen molar-refractivity contribution in [2.75, 3.05) is 11.9 Å². The van der Waals surface area contributed by atoms with Crippen molar-refractivity contribution in [3.8, 4) is 22.4 Å². The summed E-state index contributed by atoms with van der Waals surface area (Å²) < 4.78 is 83.6. The van der Waals surface area contributed by atoms with Crippen molar-refractivity contribution < 1.29 is 26.3 Å². The van der Waals surface area contributed by atoms with Gasteiger partial charge in [0.05, 0.1) is 22.3 Å². The number of benzene rings is 4. The van der Waals surface area contributed by atoms with Gasteiger partial charge in [0.15, 0.2) is 5.69 Å². The number of aryl methyl sites for hydroxylation is 1. The molecule has 0 unspecified atom stereocenters. The number of hydrogen-bond acceptors (Lipinski definition) is 2. The Bertz CT molecular complexity index is 1710. The fourth-order valence-corrected chi connectivity index (χ4v) is 5.66. The molecule has 0 aliphatic heterocycles. The number of alkyl halides is 6. The van der Waals surface area contributed by atoms with E-state index in [2.05, 4.69) is 5.10 Å². The summed E-state index contributed by atoms with van der Waals surface area (Å²) >= 11 is 5.97. The maximum absolute atomic E-state index is 14.0. The fourth-order valence-electron chi connectivity index (χ4n) is 5.44. The smallest absolute Gasteiger partial charge is 0.363 e. The van der Waals surface area contributed by atoms with Gasteiger partial charge in [-0.1, -0.05) is 84.4 Å². The maximum atomic E-state index is 14.0. The molecule has 5 rings (SSSR count). The highest BCUT2D eigenvalue weighted by Crippen LogP contribution is 2.45. The molecule has 0 fully saturated rings. The molecule has 0 N–H and O–H groups in total. The molecule has 0 aliphatic rings. The Morgan fingerprint density at radius 1 is 0.767 bits per heavy atom. The second-order valence-corrected chi connectivity index (χ2v) is 10.6. The van der Waals surface area contributed by atoms with Crippen molar-refractivity contribution in [2.45, 2.75) is 25.3 Å². The molecule has 10 heteroatoms. The highest BCUT2D eigenvalue weighted by Gasteiger charge is 2.36. The summed E-state index contributed by atoms with van der Waals surface area (Å²) in [5, 5.41) is 3.19. The lowest BCUT2D eigenvalue weighted by molar-refractivity contribution is -0.141. The van der Waals surface area contributed by atoms with E-state index in [-0.39, 0.29) is 17.3 Å². The molecule has 0 radical (unpaired) electrons. The Labute approximate surface area is 250 Å². The van der Waals surface area contributed by atoms with Crippen molar-refractivity contribution in [3.63, 3.8) is 0 Å². The Balaban J connectivity index is 1.78. The number of rotatable bonds is 6. The van der Waals surface area contributed by atoms with Crippen LogP contribution in [0.3, 0.4) is 0 Å². The van der Waals surface area contributed by atoms with E-state index in [1.54, 1.807) is 19.1 Å². The molecule has 43 heavy (non-hydrogen) atoms. The SMILES string of the molecule is Cc1c(-c2cc(C(F)(F)F)nn2C)ccc(N(C)C(c2ccccc2)c2ccccc2)c1-c1ccc(Cl)c(C(F)(F)F)c1. The van der Waals surface area contributed by atoms with Gasteiger partial charge in [0.1, 0.15) is 0 Å². The van der Waals surface area contributed by atoms with E-state index < -0.39 is 28.6 Å². The average Bonchev–Trinajstić information content (AvgIpc) is 3.36. The summed E-state index contributed by atoms with van der Waals surface area (Å²) in [4.78, 5) is 1.96. The first kappa shape index (κ1) is 30.2. The molecular weight excluding hydrogens is 588 g/mol. The number of nitrogens with zero attached hydrogens (tertiary/aromatic N) is 3. The minimum atomic E-state index is -4.72. The van der Waals surface area contributed by atoms with Crippen molar-refractivity contribution in [2.24, 2.45) is 7.05 Å². The standard InChI is InChI=1S/C33H26ClF6N3/c1-20-24(28-19-29(33(38,39)40)41-43(28)3)15-17-27(30(20)23-14-16-26(34)25(18-23)32(35,36)37)42(2)31(21-10-6-4-7-11-21)22-12-8-5-9-13-22/h4-19,31H,1-3H3. The lowest BCUT2D eigenvalue weighted by atomic mass is 9.90. The van der Waals surface area contributed by atoms with Gasteiger partial charge < -0.3 is 4.90 Å². The van der Waals surface area contributed by atoms with Crippen LogP contribution in [0.4, 0.5) is 32.0 Å². The normalized spacial score (nSPS) is 12.2. The Kier molecular flexibility index (Phi) is 8.05. The Morgan fingerprint density at radius 3 is 1.86 bits per heavy atom. The topological polar surface area (TPSA) is 21.1 Å². The van der Waals surface area contributed by atoms with E-state index in [4.69, 9.17) is 11.6 Å². The molecule has 5 aromatic rings. The Hall–Kier alpha value is -4.24. The van der Waals surface area contributed by atoms with Gasteiger partial charge in [-0.25, -0.2) is 0 Å². The highest BCUT2D eigenvalue weighted by atomic mass is 35.5. The molecule has 1 heterocycles. The summed E-state index contributed by atoms with van der Waals surface area (Å²) in [5.41, 5.74) is 2.09. The van der Waals surface area contributed by atoms with Crippen LogP contribution in [0.1, 0.15) is 34.0 Å². The maximum Gasteiger partial charge on any atom is 0.435 e. The zero-order chi connectivity index (χ0) is 31.1. The molecular formula is C33H26ClF6N3. The molecule has 0 amide bonds. The molecule has 0 bridgehead atoms. The van der Waals surface area contributed by atoms with E-state index >= 15 is 0 Å². The van der Waals surface area contributed by atoms with E-state index in [1.807, 2.05) is 72.6 Å². The van der Waals surface area contributed by atoms with Crippen molar-refractivity contribution in [1.82, 2.24) is 9.78 Å². The molecule has 222 valence electrons. The third-order valence-corrected chi connectivity index (χ3v) is 7.78. The van der Waals surface area contributed by atoms with Gasteiger partial charge in [-0.2, -0.15) is 31.4 Å². The summed E-state index contributed by atoms with van der Waals surface area (Å²) in [7, 11) is 3.24. The van der Waals surface area contributed by atoms with Gasteiger partial charge in [0.2, 0.25) is 0 Å². The number of halogens is 7. The first-order chi connectivity index (χ1) is 20.3. The molecule has 0 spiro atoms. The largest absolute Gasteiger partial charge is 0.435 e. The summed E-state index contributed by atoms with van der Waals surface area (Å²) in [6, 6.07) is 26.9. The molecule has 1 aromatic heterocycles. The van der Waals surface area contributed by atoms with E-state index in [1.165, 1.54) is 19.2 Å². The first-order valence-electron chi connectivity index (χ1n) is 13.2. The van der Waals surface area contributed by atoms with Crippen LogP contribution in [-0.4, -0.2) is 16.8 Å². The molecule has 0 atom stereocenters. The summed E-state index contributed by atoms with van der Waals surface area (Å²) in [5.74, 6) is 0. The summed E-state index contributed by atoms with van der Waals surface area (Å²) in [6.07, 6.45) is -9.38. The third kappa shape index (κ3) is 5.99. The van der Waals surface area contributed by atoms with Gasteiger partial charge in [-0.05, 0) is 53.4 Å². The third-order valence-electron chi connectivity index (χ3n) is 7.45. The van der Waals surface area contributed by atoms with Crippen LogP contribution in [0.2, 0.25) is 5.02 Å². The van der Waals surface area contributed by atoms with Crippen molar-refractivity contribution >= 4 is 17.3 Å². The minimum Gasteiger partial charge on any atom is -0.363 e. The second-order valence-electron chi connectivity index (χ2n) is 10.2. The monoisotopic (exact) mass is 613 g/mol. The van der Waals surface area contributed by atoms with Gasteiger partial charge in [-0.15, -0.1) is 0 Å². The van der Waals surface area contributed by atoms with E-state index in [9.17, 15) is 26.3 Å². The lowest BCUT2D eigenvalue weighted by Gasteiger charge is -2.34. The van der Waals surface area contributed by atoms with Crippen LogP contribution in [0.25, 0.3) is 22.4 Å². The van der Waals surface area contributed by atoms with Crippen LogP contribution < -0.4 is 4.90 Å². The van der Waals surface area contributed by atoms with Crippen LogP contribution >= 0.6 is 11.6 Å². The fraction of sp³-hybridized carbons (Fsp3) is 0.182. The zero-order valence-corrected chi connectivity index (χ0v) is 24.1. The van der Waals surface area contributed by atoms with E-state index in [0.29, 0.717) is 22.4 Å². The molecule has 0 aliphatic carbocycles. The van der Waals surface area contributed by atoms with Gasteiger partial charge >= 0.3 is 12.4 Å². The molecule has 3 nitrogen and oxygen atoms in total. The predicted molar refractivity (Wildman–Crippen MR) is 157 cm³/mol. The van der Waals surface area contributed by atoms with Crippen LogP contribution in [-0.2, 0) is 19.4 Å². The number of hydrogen-bond donors (Lipinski definition) is 0. The van der Waals surface area contributed by atoms with Crippen LogP contribution in [0, 0.1) is 6.92 Å². The van der Waals surface area contributed by atoms with E-state index in [0.717, 1.165) is 27.9 Å². The molecule has 0 saturated carbocycles. The quantitative estimate of drug-likeness (QED) is 0.178. The first-order valence-corrected chi connectivity index (χ1v) is 13.6. The summed E-state index contributed by atoms with van der Waals surface area (Å²) in [6.45, 7) is 1.68. The number of aromatic nitrogens is 2. The van der Waals surface area contributed by atoms with Gasteiger partial charge in [0.25, 0.3) is 0 Å². The Morgan fingerprint density at radius 2 is 1.35 bits per heavy atom. The van der Waals surface area contributed by atoms with Crippen molar-refractivity contribution in [3.05, 3.63) is 130 Å². The molecule has 4 aromatic carbocycles. The van der Waals surface area contributed by atoms with Gasteiger partial charge in [0, 0.05) is 30.9 Å². The number of anilines is 1. The van der Waals surface area contributed by atoms with Gasteiger partial charge in [-0.3, -0.25) is 4.68 Å². The van der Waals surface area contributed by atoms with Crippen LogP contribution in [0.5, 0.6) is 0 Å². The van der Waals surface area contributed by atoms with Crippen molar-refractivity contribution in [1.29, 1.82) is 0 Å². The minimum absolute atomic E-state index is 0.174. The second kappa shape index (κ2) is 11.4. The predicted octanol–water partition coefficient (Wildman–Crippen LogP) is 9.98. The highest BCUT2D eigenvalue weighted by molar-refractivity contribution is 6.31. The zero-order valence-electron chi connectivity index (χ0n) is 23.3.